The predicted octanol–water partition coefficient (Wildman–Crippen LogP) is 2.69. The van der Waals surface area contributed by atoms with Gasteiger partial charge in [0, 0.05) is 19.6 Å². The molecule has 2 saturated carbocycles. The van der Waals surface area contributed by atoms with Crippen LogP contribution >= 0.6 is 0 Å². The summed E-state index contributed by atoms with van der Waals surface area (Å²) < 4.78 is 0. The molecule has 3 nitrogen and oxygen atoms in total. The first-order valence-electron chi connectivity index (χ1n) is 7.67. The lowest BCUT2D eigenvalue weighted by Gasteiger charge is -2.37. The highest BCUT2D eigenvalue weighted by molar-refractivity contribution is 5.83. The Balaban J connectivity index is 2.07. The van der Waals surface area contributed by atoms with Crippen molar-refractivity contribution < 1.29 is 4.79 Å². The molecule has 0 aliphatic heterocycles. The molecule has 0 unspecified atom stereocenters. The van der Waals surface area contributed by atoms with Crippen LogP contribution in [0.25, 0.3) is 0 Å². The first-order chi connectivity index (χ1) is 8.69. The lowest BCUT2D eigenvalue weighted by molar-refractivity contribution is -0.143. The molecule has 0 spiro atoms. The second kappa shape index (κ2) is 6.05. The van der Waals surface area contributed by atoms with Crippen molar-refractivity contribution in [3.63, 3.8) is 0 Å². The second-order valence-electron chi connectivity index (χ2n) is 6.25. The highest BCUT2D eigenvalue weighted by atomic mass is 16.2. The zero-order valence-electron chi connectivity index (χ0n) is 11.8. The summed E-state index contributed by atoms with van der Waals surface area (Å²) in [6, 6.07) is 0.476. The minimum atomic E-state index is -0.242. The minimum absolute atomic E-state index is 0.242. The van der Waals surface area contributed by atoms with E-state index in [1.54, 1.807) is 0 Å². The number of hydrogen-bond acceptors (Lipinski definition) is 2. The highest BCUT2D eigenvalue weighted by Crippen LogP contribution is 2.37. The fraction of sp³-hybridized carbons (Fsp3) is 0.933. The Bertz CT molecular complexity index is 276. The fourth-order valence-electron chi connectivity index (χ4n) is 3.74. The zero-order chi connectivity index (χ0) is 13.0. The molecule has 0 aromatic carbocycles. The molecule has 1 amide bonds. The molecule has 2 N–H and O–H groups in total. The van der Waals surface area contributed by atoms with E-state index in [2.05, 4.69) is 0 Å². The van der Waals surface area contributed by atoms with Crippen LogP contribution in [0.2, 0.25) is 0 Å². The van der Waals surface area contributed by atoms with Crippen molar-refractivity contribution in [2.45, 2.75) is 70.3 Å². The van der Waals surface area contributed by atoms with E-state index < -0.39 is 0 Å². The Labute approximate surface area is 111 Å². The van der Waals surface area contributed by atoms with Gasteiger partial charge in [-0.2, -0.15) is 0 Å². The Morgan fingerprint density at radius 1 is 1.11 bits per heavy atom. The van der Waals surface area contributed by atoms with Gasteiger partial charge in [0.2, 0.25) is 5.91 Å². The summed E-state index contributed by atoms with van der Waals surface area (Å²) in [4.78, 5) is 14.9. The summed E-state index contributed by atoms with van der Waals surface area (Å²) in [5, 5.41) is 0. The van der Waals surface area contributed by atoms with E-state index in [9.17, 15) is 4.79 Å². The maximum atomic E-state index is 12.8. The predicted molar refractivity (Wildman–Crippen MR) is 74.2 cm³/mol. The Kier molecular flexibility index (Phi) is 4.66. The second-order valence-corrected chi connectivity index (χ2v) is 6.25. The van der Waals surface area contributed by atoms with Gasteiger partial charge in [0.05, 0.1) is 5.41 Å². The number of amides is 1. The first-order valence-corrected chi connectivity index (χ1v) is 7.67. The van der Waals surface area contributed by atoms with Crippen LogP contribution in [0.15, 0.2) is 0 Å². The smallest absolute Gasteiger partial charge is 0.230 e. The third-order valence-corrected chi connectivity index (χ3v) is 5.10. The summed E-state index contributed by atoms with van der Waals surface area (Å²) in [7, 11) is 2.00. The molecule has 0 heterocycles. The molecule has 2 aliphatic carbocycles. The minimum Gasteiger partial charge on any atom is -0.342 e. The average Bonchev–Trinajstić information content (AvgIpc) is 2.82. The summed E-state index contributed by atoms with van der Waals surface area (Å²) >= 11 is 0. The molecule has 0 aromatic heterocycles. The number of hydrogen-bond donors (Lipinski definition) is 1. The summed E-state index contributed by atoms with van der Waals surface area (Å²) in [6.07, 6.45) is 11.8. The standard InChI is InChI=1S/C15H28N2O/c1-17(13-8-4-5-9-13)14(18)15(12-16)10-6-2-3-7-11-15/h13H,2-12,16H2,1H3. The largest absolute Gasteiger partial charge is 0.342 e. The van der Waals surface area contributed by atoms with Gasteiger partial charge in [-0.25, -0.2) is 0 Å². The molecular weight excluding hydrogens is 224 g/mol. The first kappa shape index (κ1) is 13.9. The van der Waals surface area contributed by atoms with E-state index >= 15 is 0 Å². The quantitative estimate of drug-likeness (QED) is 0.785. The lowest BCUT2D eigenvalue weighted by Crippen LogP contribution is -2.49. The summed E-state index contributed by atoms with van der Waals surface area (Å²) in [5.41, 5.74) is 5.76. The van der Waals surface area contributed by atoms with Gasteiger partial charge in [0.25, 0.3) is 0 Å². The van der Waals surface area contributed by atoms with Crippen LogP contribution in [0.3, 0.4) is 0 Å². The van der Waals surface area contributed by atoms with Gasteiger partial charge in [0.1, 0.15) is 0 Å². The SMILES string of the molecule is CN(C(=O)C1(CN)CCCCCC1)C1CCCC1. The van der Waals surface area contributed by atoms with E-state index in [1.807, 2.05) is 11.9 Å². The molecule has 2 fully saturated rings. The molecule has 0 atom stereocenters. The molecule has 18 heavy (non-hydrogen) atoms. The topological polar surface area (TPSA) is 46.3 Å². The number of rotatable bonds is 3. The van der Waals surface area contributed by atoms with Crippen molar-refractivity contribution in [2.75, 3.05) is 13.6 Å². The van der Waals surface area contributed by atoms with E-state index in [1.165, 1.54) is 51.4 Å². The number of nitrogens with two attached hydrogens (primary N) is 1. The molecule has 2 aliphatic rings. The summed E-state index contributed by atoms with van der Waals surface area (Å²) in [6.45, 7) is 0.531. The average molecular weight is 252 g/mol. The van der Waals surface area contributed by atoms with Gasteiger partial charge in [-0.1, -0.05) is 38.5 Å². The third kappa shape index (κ3) is 2.71. The van der Waals surface area contributed by atoms with Crippen molar-refractivity contribution in [2.24, 2.45) is 11.1 Å². The van der Waals surface area contributed by atoms with E-state index in [-0.39, 0.29) is 5.41 Å². The van der Waals surface area contributed by atoms with Crippen LogP contribution in [-0.2, 0) is 4.79 Å². The lowest BCUT2D eigenvalue weighted by atomic mass is 9.78. The van der Waals surface area contributed by atoms with Gasteiger partial charge < -0.3 is 10.6 Å². The molecule has 0 saturated heterocycles. The number of carbonyl (C=O) groups is 1. The van der Waals surface area contributed by atoms with E-state index in [0.717, 1.165) is 12.8 Å². The molecule has 0 aromatic rings. The monoisotopic (exact) mass is 252 g/mol. The molecule has 0 radical (unpaired) electrons. The maximum Gasteiger partial charge on any atom is 0.230 e. The molecule has 104 valence electrons. The van der Waals surface area contributed by atoms with Gasteiger partial charge in [-0.3, -0.25) is 4.79 Å². The van der Waals surface area contributed by atoms with E-state index in [0.29, 0.717) is 18.5 Å². The van der Waals surface area contributed by atoms with Crippen molar-refractivity contribution in [3.8, 4) is 0 Å². The molecule has 2 rings (SSSR count). The summed E-state index contributed by atoms with van der Waals surface area (Å²) in [5.74, 6) is 0.332. The van der Waals surface area contributed by atoms with Crippen molar-refractivity contribution >= 4 is 5.91 Å². The third-order valence-electron chi connectivity index (χ3n) is 5.10. The molecular formula is C15H28N2O. The highest BCUT2D eigenvalue weighted by Gasteiger charge is 2.40. The van der Waals surface area contributed by atoms with Gasteiger partial charge >= 0.3 is 0 Å². The van der Waals surface area contributed by atoms with Gasteiger partial charge in [0.15, 0.2) is 0 Å². The van der Waals surface area contributed by atoms with Crippen molar-refractivity contribution in [1.82, 2.24) is 4.90 Å². The maximum absolute atomic E-state index is 12.8. The van der Waals surface area contributed by atoms with Crippen LogP contribution < -0.4 is 5.73 Å². The van der Waals surface area contributed by atoms with Gasteiger partial charge in [-0.05, 0) is 25.7 Å². The van der Waals surface area contributed by atoms with Crippen molar-refractivity contribution in [1.29, 1.82) is 0 Å². The van der Waals surface area contributed by atoms with Crippen molar-refractivity contribution in [3.05, 3.63) is 0 Å². The Hall–Kier alpha value is -0.570. The molecule has 3 heteroatoms. The van der Waals surface area contributed by atoms with Crippen LogP contribution in [0.4, 0.5) is 0 Å². The van der Waals surface area contributed by atoms with Crippen LogP contribution in [-0.4, -0.2) is 30.4 Å². The normalized spacial score (nSPS) is 24.8. The van der Waals surface area contributed by atoms with E-state index in [4.69, 9.17) is 5.73 Å². The number of carbonyl (C=O) groups excluding carboxylic acids is 1. The Morgan fingerprint density at radius 3 is 2.17 bits per heavy atom. The van der Waals surface area contributed by atoms with Crippen LogP contribution in [0, 0.1) is 5.41 Å². The zero-order valence-corrected chi connectivity index (χ0v) is 11.8. The number of nitrogens with zero attached hydrogens (tertiary/aromatic N) is 1. The molecule has 0 bridgehead atoms. The van der Waals surface area contributed by atoms with Gasteiger partial charge in [-0.15, -0.1) is 0 Å². The Morgan fingerprint density at radius 2 is 1.67 bits per heavy atom. The van der Waals surface area contributed by atoms with Crippen LogP contribution in [0.1, 0.15) is 64.2 Å². The van der Waals surface area contributed by atoms with Crippen LogP contribution in [0.5, 0.6) is 0 Å². The fourth-order valence-corrected chi connectivity index (χ4v) is 3.74.